The SMILES string of the molecule is Nc1ccc(CC(=O)N2CCN(CC(=O)NCc3ccccc3)CC2)cc1. The maximum atomic E-state index is 12.4. The van der Waals surface area contributed by atoms with Gasteiger partial charge in [-0.1, -0.05) is 42.5 Å². The molecule has 1 heterocycles. The van der Waals surface area contributed by atoms with E-state index in [1.165, 1.54) is 0 Å². The molecule has 6 heteroatoms. The molecule has 0 spiro atoms. The standard InChI is InChI=1S/C21H26N4O2/c22-19-8-6-17(7-9-19)14-21(27)25-12-10-24(11-13-25)16-20(26)23-15-18-4-2-1-3-5-18/h1-9H,10-16,22H2,(H,23,26). The van der Waals surface area contributed by atoms with Crippen LogP contribution in [0.3, 0.4) is 0 Å². The molecule has 3 rings (SSSR count). The Kier molecular flexibility index (Phi) is 6.44. The van der Waals surface area contributed by atoms with Crippen molar-refractivity contribution in [1.82, 2.24) is 15.1 Å². The summed E-state index contributed by atoms with van der Waals surface area (Å²) in [5.74, 6) is 0.133. The first-order valence-corrected chi connectivity index (χ1v) is 9.25. The Balaban J connectivity index is 1.38. The number of hydrogen-bond donors (Lipinski definition) is 2. The van der Waals surface area contributed by atoms with E-state index in [1.54, 1.807) is 0 Å². The van der Waals surface area contributed by atoms with Gasteiger partial charge in [0.15, 0.2) is 0 Å². The fraction of sp³-hybridized carbons (Fsp3) is 0.333. The summed E-state index contributed by atoms with van der Waals surface area (Å²) in [5, 5.41) is 2.95. The molecular formula is C21H26N4O2. The van der Waals surface area contributed by atoms with Crippen LogP contribution in [0.4, 0.5) is 5.69 Å². The number of rotatable bonds is 6. The van der Waals surface area contributed by atoms with E-state index in [-0.39, 0.29) is 11.8 Å². The van der Waals surface area contributed by atoms with Crippen LogP contribution in [-0.4, -0.2) is 54.3 Å². The number of nitrogens with one attached hydrogen (secondary N) is 1. The van der Waals surface area contributed by atoms with Crippen molar-refractivity contribution in [3.8, 4) is 0 Å². The Bertz CT molecular complexity index is 754. The Labute approximate surface area is 159 Å². The second-order valence-electron chi connectivity index (χ2n) is 6.84. The molecule has 27 heavy (non-hydrogen) atoms. The summed E-state index contributed by atoms with van der Waals surface area (Å²) in [6, 6.07) is 17.3. The van der Waals surface area contributed by atoms with Crippen LogP contribution >= 0.6 is 0 Å². The van der Waals surface area contributed by atoms with Crippen molar-refractivity contribution < 1.29 is 9.59 Å². The van der Waals surface area contributed by atoms with Gasteiger partial charge in [-0.25, -0.2) is 0 Å². The molecule has 0 saturated carbocycles. The van der Waals surface area contributed by atoms with Gasteiger partial charge in [-0.15, -0.1) is 0 Å². The number of carbonyl (C=O) groups is 2. The number of nitrogens with zero attached hydrogens (tertiary/aromatic N) is 2. The van der Waals surface area contributed by atoms with Crippen LogP contribution in [0, 0.1) is 0 Å². The van der Waals surface area contributed by atoms with E-state index in [0.717, 1.165) is 11.1 Å². The monoisotopic (exact) mass is 366 g/mol. The number of anilines is 1. The number of hydrogen-bond acceptors (Lipinski definition) is 4. The largest absolute Gasteiger partial charge is 0.399 e. The third-order valence-electron chi connectivity index (χ3n) is 4.76. The van der Waals surface area contributed by atoms with Gasteiger partial charge in [0.25, 0.3) is 0 Å². The predicted molar refractivity (Wildman–Crippen MR) is 106 cm³/mol. The Morgan fingerprint density at radius 1 is 0.889 bits per heavy atom. The number of piperazine rings is 1. The molecule has 2 aromatic carbocycles. The minimum atomic E-state index is 0.0144. The Morgan fingerprint density at radius 3 is 2.22 bits per heavy atom. The van der Waals surface area contributed by atoms with Crippen molar-refractivity contribution in [2.45, 2.75) is 13.0 Å². The molecule has 1 aliphatic rings. The highest BCUT2D eigenvalue weighted by Crippen LogP contribution is 2.09. The molecule has 3 N–H and O–H groups in total. The van der Waals surface area contributed by atoms with E-state index >= 15 is 0 Å². The van der Waals surface area contributed by atoms with Crippen LogP contribution in [0.1, 0.15) is 11.1 Å². The van der Waals surface area contributed by atoms with Gasteiger partial charge in [-0.2, -0.15) is 0 Å². The Hall–Kier alpha value is -2.86. The summed E-state index contributed by atoms with van der Waals surface area (Å²) < 4.78 is 0. The number of amides is 2. The molecule has 2 aromatic rings. The molecule has 0 atom stereocenters. The van der Waals surface area contributed by atoms with Crippen LogP contribution in [-0.2, 0) is 22.6 Å². The van der Waals surface area contributed by atoms with Gasteiger partial charge in [0, 0.05) is 38.4 Å². The van der Waals surface area contributed by atoms with Gasteiger partial charge >= 0.3 is 0 Å². The van der Waals surface area contributed by atoms with Crippen LogP contribution in [0.25, 0.3) is 0 Å². The van der Waals surface area contributed by atoms with E-state index in [4.69, 9.17) is 5.73 Å². The lowest BCUT2D eigenvalue weighted by molar-refractivity contribution is -0.132. The number of nitrogens with two attached hydrogens (primary N) is 1. The van der Waals surface area contributed by atoms with E-state index in [0.29, 0.717) is 51.4 Å². The summed E-state index contributed by atoms with van der Waals surface area (Å²) in [5.41, 5.74) is 8.43. The molecular weight excluding hydrogens is 340 g/mol. The van der Waals surface area contributed by atoms with Gasteiger partial charge in [0.05, 0.1) is 13.0 Å². The fourth-order valence-electron chi connectivity index (χ4n) is 3.13. The van der Waals surface area contributed by atoms with Gasteiger partial charge in [0.2, 0.25) is 11.8 Å². The Morgan fingerprint density at radius 2 is 1.56 bits per heavy atom. The second kappa shape index (κ2) is 9.19. The zero-order valence-electron chi connectivity index (χ0n) is 15.4. The molecule has 0 bridgehead atoms. The van der Waals surface area contributed by atoms with Gasteiger partial charge in [-0.05, 0) is 23.3 Å². The lowest BCUT2D eigenvalue weighted by Gasteiger charge is -2.34. The zero-order chi connectivity index (χ0) is 19.1. The van der Waals surface area contributed by atoms with Crippen molar-refractivity contribution in [2.24, 2.45) is 0 Å². The van der Waals surface area contributed by atoms with Crippen LogP contribution in [0.15, 0.2) is 54.6 Å². The maximum absolute atomic E-state index is 12.4. The zero-order valence-corrected chi connectivity index (χ0v) is 15.4. The molecule has 0 radical (unpaired) electrons. The molecule has 142 valence electrons. The van der Waals surface area contributed by atoms with E-state index in [1.807, 2.05) is 59.5 Å². The van der Waals surface area contributed by atoms with Gasteiger partial charge in [0.1, 0.15) is 0 Å². The highest BCUT2D eigenvalue weighted by molar-refractivity contribution is 5.79. The van der Waals surface area contributed by atoms with Gasteiger partial charge < -0.3 is 16.0 Å². The highest BCUT2D eigenvalue weighted by Gasteiger charge is 2.22. The lowest BCUT2D eigenvalue weighted by atomic mass is 10.1. The molecule has 6 nitrogen and oxygen atoms in total. The summed E-state index contributed by atoms with van der Waals surface area (Å²) in [6.07, 6.45) is 0.387. The average Bonchev–Trinajstić information content (AvgIpc) is 2.69. The number of carbonyl (C=O) groups excluding carboxylic acids is 2. The quantitative estimate of drug-likeness (QED) is 0.755. The third-order valence-corrected chi connectivity index (χ3v) is 4.76. The van der Waals surface area contributed by atoms with E-state index in [9.17, 15) is 9.59 Å². The summed E-state index contributed by atoms with van der Waals surface area (Å²) in [6.45, 7) is 3.64. The molecule has 1 fully saturated rings. The molecule has 0 aromatic heterocycles. The van der Waals surface area contributed by atoms with Crippen LogP contribution in [0.5, 0.6) is 0 Å². The molecule has 2 amide bonds. The maximum Gasteiger partial charge on any atom is 0.234 e. The first-order chi connectivity index (χ1) is 13.1. The van der Waals surface area contributed by atoms with Gasteiger partial charge in [-0.3, -0.25) is 14.5 Å². The number of nitrogen functional groups attached to an aromatic ring is 1. The lowest BCUT2D eigenvalue weighted by Crippen LogP contribution is -2.51. The van der Waals surface area contributed by atoms with E-state index < -0.39 is 0 Å². The smallest absolute Gasteiger partial charge is 0.234 e. The fourth-order valence-corrected chi connectivity index (χ4v) is 3.13. The van der Waals surface area contributed by atoms with Crippen LogP contribution in [0.2, 0.25) is 0 Å². The van der Waals surface area contributed by atoms with Crippen molar-refractivity contribution in [3.63, 3.8) is 0 Å². The minimum Gasteiger partial charge on any atom is -0.399 e. The predicted octanol–water partition coefficient (Wildman–Crippen LogP) is 1.27. The highest BCUT2D eigenvalue weighted by atomic mass is 16.2. The summed E-state index contributed by atoms with van der Waals surface area (Å²) in [7, 11) is 0. The molecule has 1 aliphatic heterocycles. The molecule has 0 aliphatic carbocycles. The summed E-state index contributed by atoms with van der Waals surface area (Å²) in [4.78, 5) is 28.5. The first-order valence-electron chi connectivity index (χ1n) is 9.25. The van der Waals surface area contributed by atoms with Crippen molar-refractivity contribution in [3.05, 3.63) is 65.7 Å². The van der Waals surface area contributed by atoms with Crippen LogP contribution < -0.4 is 11.1 Å². The van der Waals surface area contributed by atoms with Crippen molar-refractivity contribution in [1.29, 1.82) is 0 Å². The normalized spacial score (nSPS) is 14.7. The molecule has 0 unspecified atom stereocenters. The third kappa shape index (κ3) is 5.82. The second-order valence-corrected chi connectivity index (χ2v) is 6.84. The van der Waals surface area contributed by atoms with E-state index in [2.05, 4.69) is 10.2 Å². The molecule has 1 saturated heterocycles. The average molecular weight is 366 g/mol. The van der Waals surface area contributed by atoms with Crippen molar-refractivity contribution in [2.75, 3.05) is 38.5 Å². The number of benzene rings is 2. The first kappa shape index (κ1) is 18.9. The summed E-state index contributed by atoms with van der Waals surface area (Å²) >= 11 is 0. The topological polar surface area (TPSA) is 78.7 Å². The minimum absolute atomic E-state index is 0.0144. The van der Waals surface area contributed by atoms with Crippen molar-refractivity contribution >= 4 is 17.5 Å².